The molecule has 1 amide bonds. The second-order valence-corrected chi connectivity index (χ2v) is 8.34. The number of imidazole rings is 1. The molecule has 0 radical (unpaired) electrons. The van der Waals surface area contributed by atoms with Crippen molar-refractivity contribution in [3.05, 3.63) is 65.6 Å². The number of benzene rings is 1. The van der Waals surface area contributed by atoms with Crippen molar-refractivity contribution in [2.75, 3.05) is 33.8 Å². The largest absolute Gasteiger partial charge is 0.497 e. The summed E-state index contributed by atoms with van der Waals surface area (Å²) in [7, 11) is 3.87. The molecule has 0 saturated carbocycles. The highest BCUT2D eigenvalue weighted by molar-refractivity contribution is 5.93. The Kier molecular flexibility index (Phi) is 6.84. The molecule has 166 valence electrons. The number of pyridine rings is 1. The maximum absolute atomic E-state index is 13.2. The summed E-state index contributed by atoms with van der Waals surface area (Å²) in [6.07, 6.45) is 3.80. The molecular weight excluding hydrogens is 435 g/mol. The van der Waals surface area contributed by atoms with E-state index in [1.54, 1.807) is 7.11 Å². The summed E-state index contributed by atoms with van der Waals surface area (Å²) >= 11 is 0. The number of amides is 1. The van der Waals surface area contributed by atoms with Crippen LogP contribution in [0.3, 0.4) is 0 Å². The minimum absolute atomic E-state index is 0. The molecule has 5 rings (SSSR count). The Hall–Kier alpha value is -2.28. The van der Waals surface area contributed by atoms with Gasteiger partial charge in [-0.25, -0.2) is 4.98 Å². The lowest BCUT2D eigenvalue weighted by Crippen LogP contribution is -2.33. The number of rotatable bonds is 3. The van der Waals surface area contributed by atoms with Crippen LogP contribution in [0.2, 0.25) is 0 Å². The Labute approximate surface area is 195 Å². The van der Waals surface area contributed by atoms with E-state index in [1.165, 1.54) is 5.56 Å². The van der Waals surface area contributed by atoms with Crippen LogP contribution in [0, 0.1) is 18.8 Å². The number of aryl methyl sites for hydroxylation is 1. The van der Waals surface area contributed by atoms with Crippen molar-refractivity contribution < 1.29 is 9.53 Å². The Morgan fingerprint density at radius 1 is 1.10 bits per heavy atom. The van der Waals surface area contributed by atoms with E-state index < -0.39 is 0 Å². The highest BCUT2D eigenvalue weighted by Crippen LogP contribution is 2.44. The van der Waals surface area contributed by atoms with Gasteiger partial charge in [-0.15, -0.1) is 24.8 Å². The molecule has 2 aromatic heterocycles. The number of aromatic nitrogens is 2. The maximum atomic E-state index is 13.2. The Bertz CT molecular complexity index is 1070. The Balaban J connectivity index is 0.00000136. The molecule has 6 nitrogen and oxygen atoms in total. The first-order valence-electron chi connectivity index (χ1n) is 10.1. The molecule has 2 aliphatic rings. The molecule has 2 fully saturated rings. The van der Waals surface area contributed by atoms with Crippen molar-refractivity contribution >= 4 is 36.4 Å². The molecule has 3 aromatic rings. The zero-order chi connectivity index (χ0) is 20.1. The number of carbonyl (C=O) groups excluding carboxylic acids is 1. The average molecular weight is 463 g/mol. The topological polar surface area (TPSA) is 50.1 Å². The third kappa shape index (κ3) is 4.00. The van der Waals surface area contributed by atoms with Crippen LogP contribution in [-0.2, 0) is 0 Å². The molecule has 2 saturated heterocycles. The molecule has 4 heterocycles. The van der Waals surface area contributed by atoms with Crippen molar-refractivity contribution in [2.45, 2.75) is 13.0 Å². The lowest BCUT2D eigenvalue weighted by molar-refractivity contribution is 0.0762. The van der Waals surface area contributed by atoms with Crippen LogP contribution in [-0.4, -0.2) is 58.9 Å². The van der Waals surface area contributed by atoms with Crippen LogP contribution in [0.5, 0.6) is 5.75 Å². The summed E-state index contributed by atoms with van der Waals surface area (Å²) in [5, 5.41) is 0. The average Bonchev–Trinajstić information content (AvgIpc) is 3.40. The van der Waals surface area contributed by atoms with E-state index in [2.05, 4.69) is 29.1 Å². The molecule has 2 aliphatic heterocycles. The SMILES string of the molecule is COc1ccc([C@H]2[C@@H]3CN(C(=O)c4cn5cccc(C)c5n4)C[C@@H]3CN2C)cc1.Cl.Cl. The smallest absolute Gasteiger partial charge is 0.274 e. The zero-order valence-corrected chi connectivity index (χ0v) is 19.5. The lowest BCUT2D eigenvalue weighted by atomic mass is 9.89. The van der Waals surface area contributed by atoms with Gasteiger partial charge in [-0.2, -0.15) is 0 Å². The number of nitrogens with zero attached hydrogens (tertiary/aromatic N) is 4. The van der Waals surface area contributed by atoms with Crippen molar-refractivity contribution in [1.82, 2.24) is 19.2 Å². The molecule has 0 aliphatic carbocycles. The lowest BCUT2D eigenvalue weighted by Gasteiger charge is -2.26. The summed E-state index contributed by atoms with van der Waals surface area (Å²) in [6, 6.07) is 12.7. The molecule has 1 aromatic carbocycles. The van der Waals surface area contributed by atoms with Gasteiger partial charge in [0.2, 0.25) is 0 Å². The fraction of sp³-hybridized carbons (Fsp3) is 0.391. The molecule has 0 unspecified atom stereocenters. The third-order valence-electron chi connectivity index (χ3n) is 6.54. The molecule has 0 N–H and O–H groups in total. The number of methoxy groups -OCH3 is 1. The van der Waals surface area contributed by atoms with Crippen LogP contribution < -0.4 is 4.74 Å². The van der Waals surface area contributed by atoms with Gasteiger partial charge in [-0.05, 0) is 49.2 Å². The second kappa shape index (κ2) is 9.07. The summed E-state index contributed by atoms with van der Waals surface area (Å²) in [6.45, 7) is 4.60. The van der Waals surface area contributed by atoms with Crippen molar-refractivity contribution in [1.29, 1.82) is 0 Å². The molecule has 0 bridgehead atoms. The Morgan fingerprint density at radius 2 is 1.84 bits per heavy atom. The number of likely N-dealkylation sites (tertiary alicyclic amines) is 2. The van der Waals surface area contributed by atoms with E-state index in [0.717, 1.165) is 36.6 Å². The maximum Gasteiger partial charge on any atom is 0.274 e. The second-order valence-electron chi connectivity index (χ2n) is 8.34. The number of hydrogen-bond donors (Lipinski definition) is 0. The first kappa shape index (κ1) is 23.4. The van der Waals surface area contributed by atoms with Gasteiger partial charge in [0.1, 0.15) is 17.1 Å². The van der Waals surface area contributed by atoms with Gasteiger partial charge in [-0.3, -0.25) is 9.69 Å². The van der Waals surface area contributed by atoms with Gasteiger partial charge in [-0.1, -0.05) is 18.2 Å². The van der Waals surface area contributed by atoms with Crippen molar-refractivity contribution in [2.24, 2.45) is 11.8 Å². The van der Waals surface area contributed by atoms with Gasteiger partial charge >= 0.3 is 0 Å². The number of ether oxygens (including phenoxy) is 1. The molecule has 8 heteroatoms. The summed E-state index contributed by atoms with van der Waals surface area (Å²) < 4.78 is 7.24. The van der Waals surface area contributed by atoms with E-state index in [1.807, 2.05) is 52.9 Å². The quantitative estimate of drug-likeness (QED) is 0.592. The zero-order valence-electron chi connectivity index (χ0n) is 17.9. The normalized spacial score (nSPS) is 22.7. The number of fused-ring (bicyclic) bond motifs is 2. The molecule has 0 spiro atoms. The molecule has 3 atom stereocenters. The summed E-state index contributed by atoms with van der Waals surface area (Å²) in [4.78, 5) is 22.2. The third-order valence-corrected chi connectivity index (χ3v) is 6.54. The Morgan fingerprint density at radius 3 is 2.52 bits per heavy atom. The highest BCUT2D eigenvalue weighted by atomic mass is 35.5. The summed E-state index contributed by atoms with van der Waals surface area (Å²) in [5.41, 5.74) is 3.75. The summed E-state index contributed by atoms with van der Waals surface area (Å²) in [5.74, 6) is 1.85. The van der Waals surface area contributed by atoms with Crippen molar-refractivity contribution in [3.63, 3.8) is 0 Å². The van der Waals surface area contributed by atoms with Crippen LogP contribution >= 0.6 is 24.8 Å². The minimum Gasteiger partial charge on any atom is -0.497 e. The van der Waals surface area contributed by atoms with E-state index in [0.29, 0.717) is 23.6 Å². The first-order valence-corrected chi connectivity index (χ1v) is 10.1. The van der Waals surface area contributed by atoms with Gasteiger partial charge in [0.05, 0.1) is 7.11 Å². The van der Waals surface area contributed by atoms with E-state index in [4.69, 9.17) is 4.74 Å². The monoisotopic (exact) mass is 462 g/mol. The van der Waals surface area contributed by atoms with Crippen LogP contribution in [0.4, 0.5) is 0 Å². The predicted octanol–water partition coefficient (Wildman–Crippen LogP) is 3.87. The number of hydrogen-bond acceptors (Lipinski definition) is 4. The molecular formula is C23H28Cl2N4O2. The van der Waals surface area contributed by atoms with Crippen LogP contribution in [0.25, 0.3) is 5.65 Å². The van der Waals surface area contributed by atoms with Gasteiger partial charge in [0, 0.05) is 44.0 Å². The van der Waals surface area contributed by atoms with Crippen LogP contribution in [0.1, 0.15) is 27.7 Å². The van der Waals surface area contributed by atoms with E-state index in [-0.39, 0.29) is 30.7 Å². The van der Waals surface area contributed by atoms with Gasteiger partial charge in [0.25, 0.3) is 5.91 Å². The van der Waals surface area contributed by atoms with Crippen LogP contribution in [0.15, 0.2) is 48.8 Å². The minimum atomic E-state index is 0. The fourth-order valence-corrected chi connectivity index (χ4v) is 5.14. The van der Waals surface area contributed by atoms with E-state index >= 15 is 0 Å². The number of halogens is 2. The number of carbonyl (C=O) groups is 1. The van der Waals surface area contributed by atoms with E-state index in [9.17, 15) is 4.79 Å². The standard InChI is InChI=1S/C23H26N4O2.2ClH/c1-15-5-4-10-26-14-20(24-22(15)26)23(28)27-12-17-11-25(2)21(19(17)13-27)16-6-8-18(29-3)9-7-16;;/h4-10,14,17,19,21H,11-13H2,1-3H3;2*1H/t17-,19+,21-;;/m0../s1. The first-order chi connectivity index (χ1) is 14.0. The van der Waals surface area contributed by atoms with Gasteiger partial charge in [0.15, 0.2) is 0 Å². The molecule has 31 heavy (non-hydrogen) atoms. The highest BCUT2D eigenvalue weighted by Gasteiger charge is 2.47. The van der Waals surface area contributed by atoms with Crippen molar-refractivity contribution in [3.8, 4) is 5.75 Å². The fourth-order valence-electron chi connectivity index (χ4n) is 5.14. The van der Waals surface area contributed by atoms with Gasteiger partial charge < -0.3 is 14.0 Å². The predicted molar refractivity (Wildman–Crippen MR) is 126 cm³/mol.